The highest BCUT2D eigenvalue weighted by Gasteiger charge is 2.37. The number of aromatic amines is 1. The smallest absolute Gasteiger partial charge is 0.359 e. The summed E-state index contributed by atoms with van der Waals surface area (Å²) >= 11 is 0. The van der Waals surface area contributed by atoms with Crippen molar-refractivity contribution < 1.29 is 9.53 Å². The average molecular weight is 331 g/mol. The van der Waals surface area contributed by atoms with Crippen LogP contribution in [-0.4, -0.2) is 28.3 Å². The number of hydrogen-bond donors (Lipinski definition) is 1. The van der Waals surface area contributed by atoms with Crippen LogP contribution in [0.3, 0.4) is 0 Å². The number of carbonyl (C=O) groups excluding carboxylic acids is 1. The Morgan fingerprint density at radius 1 is 1.16 bits per heavy atom. The molecule has 0 bridgehead atoms. The molecule has 2 aromatic heterocycles. The van der Waals surface area contributed by atoms with Crippen LogP contribution in [0.25, 0.3) is 6.08 Å². The minimum atomic E-state index is -0.435. The molecule has 1 atom stereocenters. The van der Waals surface area contributed by atoms with E-state index < -0.39 is 5.97 Å². The third-order valence-corrected chi connectivity index (χ3v) is 4.72. The quantitative estimate of drug-likeness (QED) is 0.749. The van der Waals surface area contributed by atoms with E-state index in [1.165, 1.54) is 12.7 Å². The number of pyridine rings is 1. The summed E-state index contributed by atoms with van der Waals surface area (Å²) in [5.41, 5.74) is 3.93. The van der Waals surface area contributed by atoms with Gasteiger partial charge in [-0.15, -0.1) is 0 Å². The number of esters is 1. The van der Waals surface area contributed by atoms with Crippen molar-refractivity contribution in [1.29, 1.82) is 0 Å². The van der Waals surface area contributed by atoms with Crippen LogP contribution in [0.15, 0.2) is 60.9 Å². The number of carbonyl (C=O) groups is 1. The summed E-state index contributed by atoms with van der Waals surface area (Å²) < 4.78 is 4.82. The fourth-order valence-corrected chi connectivity index (χ4v) is 3.44. The normalized spacial score (nSPS) is 18.6. The zero-order chi connectivity index (χ0) is 17.3. The molecule has 5 nitrogen and oxygen atoms in total. The van der Waals surface area contributed by atoms with Crippen LogP contribution in [0.2, 0.25) is 0 Å². The molecule has 3 aromatic rings. The van der Waals surface area contributed by atoms with Gasteiger partial charge in [0.15, 0.2) is 5.69 Å². The number of H-pyrrole nitrogens is 1. The van der Waals surface area contributed by atoms with Gasteiger partial charge in [0.05, 0.1) is 7.11 Å². The largest absolute Gasteiger partial charge is 0.464 e. The van der Waals surface area contributed by atoms with Crippen molar-refractivity contribution >= 4 is 12.0 Å². The number of ether oxygens (including phenoxy) is 1. The van der Waals surface area contributed by atoms with Gasteiger partial charge in [0.2, 0.25) is 0 Å². The van der Waals surface area contributed by atoms with E-state index >= 15 is 0 Å². The molecule has 1 unspecified atom stereocenters. The molecule has 1 aliphatic rings. The lowest BCUT2D eigenvalue weighted by Gasteiger charge is -2.34. The summed E-state index contributed by atoms with van der Waals surface area (Å²) in [6, 6.07) is 14.3. The standard InChI is InChI=1S/C20H17N3O2/c1-25-19(24)18-16-9-10-20(12-17(16)22-23-18,14-6-3-2-4-7-14)15-8-5-11-21-13-15/h2-11,13H,12H2,1H3,(H,22,23). The van der Waals surface area contributed by atoms with Crippen molar-refractivity contribution in [3.63, 3.8) is 0 Å². The van der Waals surface area contributed by atoms with Gasteiger partial charge in [-0.05, 0) is 17.2 Å². The topological polar surface area (TPSA) is 67.9 Å². The fraction of sp³-hybridized carbons (Fsp3) is 0.150. The van der Waals surface area contributed by atoms with Gasteiger partial charge >= 0.3 is 5.97 Å². The maximum Gasteiger partial charge on any atom is 0.359 e. The van der Waals surface area contributed by atoms with Crippen molar-refractivity contribution in [3.05, 3.63) is 89.0 Å². The molecule has 4 rings (SSSR count). The first-order valence-electron chi connectivity index (χ1n) is 8.05. The Bertz CT molecular complexity index is 891. The number of allylic oxidation sites excluding steroid dienone is 1. The summed E-state index contributed by atoms with van der Waals surface area (Å²) in [7, 11) is 1.36. The van der Waals surface area contributed by atoms with Gasteiger partial charge < -0.3 is 4.74 Å². The molecule has 0 radical (unpaired) electrons. The number of nitrogens with zero attached hydrogens (tertiary/aromatic N) is 2. The number of methoxy groups -OCH3 is 1. The van der Waals surface area contributed by atoms with Gasteiger partial charge in [-0.1, -0.05) is 48.6 Å². The van der Waals surface area contributed by atoms with E-state index in [4.69, 9.17) is 4.74 Å². The zero-order valence-corrected chi connectivity index (χ0v) is 13.8. The minimum Gasteiger partial charge on any atom is -0.464 e. The first kappa shape index (κ1) is 15.3. The Hall–Kier alpha value is -3.21. The molecule has 0 amide bonds. The highest BCUT2D eigenvalue weighted by atomic mass is 16.5. The van der Waals surface area contributed by atoms with E-state index in [9.17, 15) is 4.79 Å². The number of benzene rings is 1. The predicted molar refractivity (Wildman–Crippen MR) is 94.1 cm³/mol. The molecule has 0 saturated heterocycles. The highest BCUT2D eigenvalue weighted by Crippen LogP contribution is 2.41. The SMILES string of the molecule is COC(=O)c1n[nH]c2c1C=CC(c1ccccc1)(c1cccnc1)C2. The third-order valence-electron chi connectivity index (χ3n) is 4.72. The van der Waals surface area contributed by atoms with Crippen molar-refractivity contribution in [1.82, 2.24) is 15.2 Å². The van der Waals surface area contributed by atoms with E-state index in [-0.39, 0.29) is 5.41 Å². The summed E-state index contributed by atoms with van der Waals surface area (Å²) in [6.45, 7) is 0. The maximum absolute atomic E-state index is 11.9. The first-order valence-corrected chi connectivity index (χ1v) is 8.05. The van der Waals surface area contributed by atoms with Crippen molar-refractivity contribution in [2.24, 2.45) is 0 Å². The third kappa shape index (κ3) is 2.45. The summed E-state index contributed by atoms with van der Waals surface area (Å²) in [4.78, 5) is 16.2. The van der Waals surface area contributed by atoms with Crippen LogP contribution in [0.4, 0.5) is 0 Å². The van der Waals surface area contributed by atoms with Gasteiger partial charge in [0, 0.05) is 35.5 Å². The molecule has 0 fully saturated rings. The number of aromatic nitrogens is 3. The van der Waals surface area contributed by atoms with Gasteiger partial charge in [-0.25, -0.2) is 4.79 Å². The molecule has 0 spiro atoms. The second kappa shape index (κ2) is 6.02. The van der Waals surface area contributed by atoms with Gasteiger partial charge in [0.1, 0.15) is 0 Å². The van der Waals surface area contributed by atoms with Gasteiger partial charge in [0.25, 0.3) is 0 Å². The summed E-state index contributed by atoms with van der Waals surface area (Å²) in [5.74, 6) is -0.435. The zero-order valence-electron chi connectivity index (χ0n) is 13.8. The summed E-state index contributed by atoms with van der Waals surface area (Å²) in [5, 5.41) is 7.17. The van der Waals surface area contributed by atoms with Crippen LogP contribution in [0, 0.1) is 0 Å². The summed E-state index contributed by atoms with van der Waals surface area (Å²) in [6.07, 6.45) is 8.41. The number of hydrogen-bond acceptors (Lipinski definition) is 4. The van der Waals surface area contributed by atoms with E-state index in [2.05, 4.69) is 39.5 Å². The second-order valence-corrected chi connectivity index (χ2v) is 6.05. The van der Waals surface area contributed by atoms with Crippen LogP contribution >= 0.6 is 0 Å². The molecule has 25 heavy (non-hydrogen) atoms. The Labute approximate surface area is 145 Å². The van der Waals surface area contributed by atoms with Gasteiger partial charge in [-0.3, -0.25) is 10.1 Å². The molecule has 1 aliphatic carbocycles. The van der Waals surface area contributed by atoms with E-state index in [0.29, 0.717) is 12.1 Å². The van der Waals surface area contributed by atoms with Crippen LogP contribution in [0.1, 0.15) is 32.9 Å². The molecule has 2 heterocycles. The van der Waals surface area contributed by atoms with Crippen molar-refractivity contribution in [2.75, 3.05) is 7.11 Å². The van der Waals surface area contributed by atoms with Crippen LogP contribution in [-0.2, 0) is 16.6 Å². The maximum atomic E-state index is 11.9. The number of nitrogens with one attached hydrogen (secondary N) is 1. The Morgan fingerprint density at radius 3 is 2.68 bits per heavy atom. The molecule has 5 heteroatoms. The lowest BCUT2D eigenvalue weighted by atomic mass is 9.69. The molecule has 124 valence electrons. The van der Waals surface area contributed by atoms with Crippen LogP contribution < -0.4 is 0 Å². The van der Waals surface area contributed by atoms with Crippen molar-refractivity contribution in [2.45, 2.75) is 11.8 Å². The predicted octanol–water partition coefficient (Wildman–Crippen LogP) is 3.15. The fourth-order valence-electron chi connectivity index (χ4n) is 3.44. The minimum absolute atomic E-state index is 0.321. The lowest BCUT2D eigenvalue weighted by Crippen LogP contribution is -2.30. The average Bonchev–Trinajstić information content (AvgIpc) is 3.11. The van der Waals surface area contributed by atoms with E-state index in [1.807, 2.05) is 36.5 Å². The van der Waals surface area contributed by atoms with E-state index in [0.717, 1.165) is 16.8 Å². The Kier molecular flexibility index (Phi) is 3.69. The monoisotopic (exact) mass is 331 g/mol. The highest BCUT2D eigenvalue weighted by molar-refractivity contribution is 5.92. The lowest BCUT2D eigenvalue weighted by molar-refractivity contribution is 0.0593. The first-order chi connectivity index (χ1) is 12.2. The van der Waals surface area contributed by atoms with Crippen LogP contribution in [0.5, 0.6) is 0 Å². The number of fused-ring (bicyclic) bond motifs is 1. The molecular formula is C20H17N3O2. The van der Waals surface area contributed by atoms with E-state index in [1.54, 1.807) is 6.20 Å². The molecule has 1 aromatic carbocycles. The second-order valence-electron chi connectivity index (χ2n) is 6.05. The molecule has 1 N–H and O–H groups in total. The van der Waals surface area contributed by atoms with Gasteiger partial charge in [-0.2, -0.15) is 5.10 Å². The molecular weight excluding hydrogens is 314 g/mol. The molecule has 0 saturated carbocycles. The molecule has 0 aliphatic heterocycles. The van der Waals surface area contributed by atoms with Crippen molar-refractivity contribution in [3.8, 4) is 0 Å². The number of rotatable bonds is 3. The Morgan fingerprint density at radius 2 is 1.96 bits per heavy atom. The Balaban J connectivity index is 1.87.